The number of hydrogen-bond acceptors (Lipinski definition) is 15. The van der Waals surface area contributed by atoms with Crippen LogP contribution in [0.5, 0.6) is 0 Å². The van der Waals surface area contributed by atoms with Gasteiger partial charge in [0.1, 0.15) is 55.4 Å². The molecule has 366 valence electrons. The van der Waals surface area contributed by atoms with Crippen molar-refractivity contribution in [1.82, 2.24) is 0 Å². The molecule has 11 unspecified atom stereocenters. The van der Waals surface area contributed by atoms with Crippen LogP contribution in [0.4, 0.5) is 0 Å². The zero-order chi connectivity index (χ0) is 45.4. The van der Waals surface area contributed by atoms with Crippen molar-refractivity contribution >= 4 is 11.9 Å². The van der Waals surface area contributed by atoms with Crippen LogP contribution in [-0.2, 0) is 38.0 Å². The summed E-state index contributed by atoms with van der Waals surface area (Å²) in [6, 6.07) is 0. The van der Waals surface area contributed by atoms with Gasteiger partial charge in [0.15, 0.2) is 18.7 Å². The summed E-state index contributed by atoms with van der Waals surface area (Å²) in [7, 11) is 0. The number of esters is 2. The number of aliphatic hydroxyl groups is 7. The van der Waals surface area contributed by atoms with Gasteiger partial charge >= 0.3 is 11.9 Å². The molecule has 11 atom stereocenters. The van der Waals surface area contributed by atoms with Crippen LogP contribution < -0.4 is 0 Å². The number of unbranched alkanes of at least 4 members (excludes halogenated alkanes) is 24. The van der Waals surface area contributed by atoms with E-state index in [9.17, 15) is 45.3 Å². The van der Waals surface area contributed by atoms with Gasteiger partial charge in [-0.05, 0) is 12.8 Å². The molecule has 0 amide bonds. The molecule has 15 nitrogen and oxygen atoms in total. The number of carbonyl (C=O) groups excluding carboxylic acids is 2. The fourth-order valence-electron chi connectivity index (χ4n) is 7.98. The second kappa shape index (κ2) is 35.7. The van der Waals surface area contributed by atoms with Crippen LogP contribution in [-0.4, -0.2) is 142 Å². The van der Waals surface area contributed by atoms with Crippen molar-refractivity contribution < 1.29 is 73.8 Å². The summed E-state index contributed by atoms with van der Waals surface area (Å²) in [5.41, 5.74) is 0. The van der Waals surface area contributed by atoms with E-state index in [2.05, 4.69) is 13.8 Å². The van der Waals surface area contributed by atoms with Crippen LogP contribution in [0.15, 0.2) is 0 Å². The molecule has 0 saturated carbocycles. The predicted molar refractivity (Wildman–Crippen MR) is 234 cm³/mol. The number of hydrogen-bond donors (Lipinski definition) is 7. The molecule has 2 saturated heterocycles. The normalized spacial score (nSPS) is 27.0. The van der Waals surface area contributed by atoms with Gasteiger partial charge in [-0.25, -0.2) is 0 Å². The Morgan fingerprint density at radius 3 is 1.26 bits per heavy atom. The molecule has 0 aromatic heterocycles. The largest absolute Gasteiger partial charge is 0.462 e. The fourth-order valence-corrected chi connectivity index (χ4v) is 7.98. The zero-order valence-corrected chi connectivity index (χ0v) is 38.4. The molecule has 2 aliphatic rings. The number of rotatable bonds is 38. The molecule has 0 aliphatic carbocycles. The Morgan fingerprint density at radius 1 is 0.452 bits per heavy atom. The first kappa shape index (κ1) is 56.6. The molecule has 2 aliphatic heterocycles. The summed E-state index contributed by atoms with van der Waals surface area (Å²) >= 11 is 0. The van der Waals surface area contributed by atoms with Gasteiger partial charge in [-0.3, -0.25) is 9.59 Å². The van der Waals surface area contributed by atoms with Gasteiger partial charge in [0, 0.05) is 12.8 Å². The Labute approximate surface area is 372 Å². The van der Waals surface area contributed by atoms with Gasteiger partial charge in [0.05, 0.1) is 19.8 Å². The molecule has 2 heterocycles. The van der Waals surface area contributed by atoms with E-state index in [0.717, 1.165) is 51.4 Å². The first-order valence-corrected chi connectivity index (χ1v) is 24.6. The van der Waals surface area contributed by atoms with E-state index in [0.29, 0.717) is 12.8 Å². The molecular weight excluding hydrogens is 805 g/mol. The lowest BCUT2D eigenvalue weighted by Gasteiger charge is -2.42. The van der Waals surface area contributed by atoms with Gasteiger partial charge in [0.25, 0.3) is 0 Å². The van der Waals surface area contributed by atoms with Crippen molar-refractivity contribution in [2.45, 2.75) is 261 Å². The fraction of sp³-hybridized carbons (Fsp3) is 0.957. The molecule has 15 heteroatoms. The highest BCUT2D eigenvalue weighted by Crippen LogP contribution is 2.26. The van der Waals surface area contributed by atoms with Crippen LogP contribution in [0.25, 0.3) is 0 Å². The van der Waals surface area contributed by atoms with Gasteiger partial charge in [-0.2, -0.15) is 0 Å². The summed E-state index contributed by atoms with van der Waals surface area (Å²) in [6.07, 6.45) is 14.7. The van der Waals surface area contributed by atoms with E-state index in [1.807, 2.05) is 0 Å². The average Bonchev–Trinajstić information content (AvgIpc) is 3.26. The Morgan fingerprint density at radius 2 is 0.823 bits per heavy atom. The molecule has 2 rings (SSSR count). The molecule has 0 radical (unpaired) electrons. The number of carbonyl (C=O) groups is 2. The second-order valence-corrected chi connectivity index (χ2v) is 17.7. The average molecular weight is 893 g/mol. The summed E-state index contributed by atoms with van der Waals surface area (Å²) in [6.45, 7) is 2.54. The van der Waals surface area contributed by atoms with E-state index in [-0.39, 0.29) is 26.1 Å². The van der Waals surface area contributed by atoms with Crippen molar-refractivity contribution in [3.63, 3.8) is 0 Å². The van der Waals surface area contributed by atoms with E-state index in [4.69, 9.17) is 28.4 Å². The van der Waals surface area contributed by atoms with Crippen LogP contribution in [0, 0.1) is 0 Å². The van der Waals surface area contributed by atoms with Crippen molar-refractivity contribution in [2.75, 3.05) is 26.4 Å². The second-order valence-electron chi connectivity index (χ2n) is 17.7. The quantitative estimate of drug-likeness (QED) is 0.0277. The number of aliphatic hydroxyl groups excluding tert-OH is 7. The smallest absolute Gasteiger partial charge is 0.306 e. The Bertz CT molecular complexity index is 1100. The zero-order valence-electron chi connectivity index (χ0n) is 38.4. The third kappa shape index (κ3) is 24.1. The third-order valence-electron chi connectivity index (χ3n) is 12.1. The van der Waals surface area contributed by atoms with Crippen molar-refractivity contribution in [3.05, 3.63) is 0 Å². The maximum atomic E-state index is 12.9. The van der Waals surface area contributed by atoms with Crippen LogP contribution in [0.3, 0.4) is 0 Å². The van der Waals surface area contributed by atoms with Crippen LogP contribution in [0.2, 0.25) is 0 Å². The molecular formula is C47H88O15. The highest BCUT2D eigenvalue weighted by molar-refractivity contribution is 5.70. The monoisotopic (exact) mass is 893 g/mol. The first-order valence-electron chi connectivity index (χ1n) is 24.6. The van der Waals surface area contributed by atoms with E-state index >= 15 is 0 Å². The van der Waals surface area contributed by atoms with Gasteiger partial charge in [-0.1, -0.05) is 168 Å². The lowest BCUT2D eigenvalue weighted by atomic mass is 9.98. The first-order chi connectivity index (χ1) is 30.0. The Kier molecular flexibility index (Phi) is 32.6. The van der Waals surface area contributed by atoms with Crippen LogP contribution in [0.1, 0.15) is 194 Å². The van der Waals surface area contributed by atoms with Crippen molar-refractivity contribution in [1.29, 1.82) is 0 Å². The highest BCUT2D eigenvalue weighted by atomic mass is 16.7. The standard InChI is InChI=1S/C47H88O15/c1-3-5-7-9-11-12-13-14-15-16-17-18-19-20-21-22-23-24-26-28-30-39(50)60-35(32-57-38(49)29-27-25-10-8-6-4-2)33-58-46-45(56)43(54)41(52)37(62-46)34-59-47-44(55)42(53)40(51)36(31-48)61-47/h35-37,40-48,51-56H,3-34H2,1-2H3. The lowest BCUT2D eigenvalue weighted by Crippen LogP contribution is -2.61. The molecule has 0 aromatic carbocycles. The number of ether oxygens (including phenoxy) is 6. The van der Waals surface area contributed by atoms with E-state index < -0.39 is 92.7 Å². The SMILES string of the molecule is CCCCCCCCCCCCCCCCCCCCCCC(=O)OC(COC(=O)CCCCCCCC)COC1OC(COC2OC(CO)C(O)C(O)C2O)C(O)C(O)C1O. The lowest BCUT2D eigenvalue weighted by molar-refractivity contribution is -0.332. The molecule has 0 spiro atoms. The molecule has 0 bridgehead atoms. The highest BCUT2D eigenvalue weighted by Gasteiger charge is 2.47. The van der Waals surface area contributed by atoms with Gasteiger partial charge in [-0.15, -0.1) is 0 Å². The maximum absolute atomic E-state index is 12.9. The maximum Gasteiger partial charge on any atom is 0.306 e. The Hall–Kier alpha value is -1.50. The predicted octanol–water partition coefficient (Wildman–Crippen LogP) is 6.04. The molecule has 2 fully saturated rings. The molecule has 62 heavy (non-hydrogen) atoms. The van der Waals surface area contributed by atoms with E-state index in [1.165, 1.54) is 103 Å². The summed E-state index contributed by atoms with van der Waals surface area (Å²) in [4.78, 5) is 25.5. The summed E-state index contributed by atoms with van der Waals surface area (Å²) in [5, 5.41) is 71.8. The summed E-state index contributed by atoms with van der Waals surface area (Å²) < 4.78 is 33.4. The minimum atomic E-state index is -1.76. The van der Waals surface area contributed by atoms with Crippen molar-refractivity contribution in [3.8, 4) is 0 Å². The summed E-state index contributed by atoms with van der Waals surface area (Å²) in [5.74, 6) is -0.923. The minimum absolute atomic E-state index is 0.173. The molecule has 0 aromatic rings. The third-order valence-corrected chi connectivity index (χ3v) is 12.1. The van der Waals surface area contributed by atoms with E-state index in [1.54, 1.807) is 0 Å². The molecule has 7 N–H and O–H groups in total. The van der Waals surface area contributed by atoms with Gasteiger partial charge < -0.3 is 64.2 Å². The topological polar surface area (TPSA) is 231 Å². The minimum Gasteiger partial charge on any atom is -0.462 e. The van der Waals surface area contributed by atoms with Crippen molar-refractivity contribution in [2.24, 2.45) is 0 Å². The Balaban J connectivity index is 1.74. The van der Waals surface area contributed by atoms with Crippen LogP contribution >= 0.6 is 0 Å². The van der Waals surface area contributed by atoms with Gasteiger partial charge in [0.2, 0.25) is 0 Å².